The van der Waals surface area contributed by atoms with Crippen LogP contribution >= 0.6 is 0 Å². The van der Waals surface area contributed by atoms with Gasteiger partial charge >= 0.3 is 5.97 Å². The largest absolute Gasteiger partial charge is 0.481 e. The number of hydrogen-bond donors (Lipinski definition) is 1. The Labute approximate surface area is 115 Å². The van der Waals surface area contributed by atoms with Gasteiger partial charge in [0.15, 0.2) is 0 Å². The molecule has 0 radical (unpaired) electrons. The number of hydrogen-bond acceptors (Lipinski definition) is 2. The van der Waals surface area contributed by atoms with Crippen molar-refractivity contribution in [2.45, 2.75) is 39.2 Å². The Morgan fingerprint density at radius 3 is 2.74 bits per heavy atom. The Balaban J connectivity index is 2.03. The molecule has 19 heavy (non-hydrogen) atoms. The van der Waals surface area contributed by atoms with Gasteiger partial charge in [-0.3, -0.25) is 9.69 Å². The van der Waals surface area contributed by atoms with Gasteiger partial charge < -0.3 is 5.11 Å². The Morgan fingerprint density at radius 2 is 2.00 bits per heavy atom. The molecule has 0 spiro atoms. The zero-order valence-corrected chi connectivity index (χ0v) is 11.6. The molecule has 0 saturated carbocycles. The van der Waals surface area contributed by atoms with Gasteiger partial charge in [-0.25, -0.2) is 0 Å². The van der Waals surface area contributed by atoms with E-state index in [1.54, 1.807) is 0 Å². The number of rotatable bonds is 4. The maximum atomic E-state index is 10.9. The van der Waals surface area contributed by atoms with E-state index < -0.39 is 5.97 Å². The van der Waals surface area contributed by atoms with Crippen molar-refractivity contribution in [2.24, 2.45) is 5.92 Å². The molecule has 1 aliphatic heterocycles. The summed E-state index contributed by atoms with van der Waals surface area (Å²) in [5.74, 6) is 0.0659. The van der Waals surface area contributed by atoms with E-state index in [4.69, 9.17) is 5.11 Å². The van der Waals surface area contributed by atoms with Gasteiger partial charge in [0.2, 0.25) is 0 Å². The summed E-state index contributed by atoms with van der Waals surface area (Å²) in [7, 11) is 0. The van der Waals surface area contributed by atoms with Gasteiger partial charge in [0.1, 0.15) is 0 Å². The first-order valence-electron chi connectivity index (χ1n) is 7.16. The van der Waals surface area contributed by atoms with Crippen molar-refractivity contribution in [1.82, 2.24) is 4.90 Å². The molecule has 1 saturated heterocycles. The fourth-order valence-corrected chi connectivity index (χ4v) is 2.77. The van der Waals surface area contributed by atoms with E-state index in [0.29, 0.717) is 0 Å². The molecular weight excluding hydrogens is 238 g/mol. The molecule has 0 bridgehead atoms. The molecule has 1 fully saturated rings. The molecule has 0 amide bonds. The van der Waals surface area contributed by atoms with E-state index in [0.717, 1.165) is 31.1 Å². The Morgan fingerprint density at radius 1 is 1.26 bits per heavy atom. The van der Waals surface area contributed by atoms with Crippen molar-refractivity contribution in [3.05, 3.63) is 35.4 Å². The lowest BCUT2D eigenvalue weighted by molar-refractivity contribution is -0.136. The number of aliphatic carboxylic acids is 1. The van der Waals surface area contributed by atoms with Gasteiger partial charge in [-0.05, 0) is 49.4 Å². The molecule has 1 aliphatic rings. The van der Waals surface area contributed by atoms with Crippen LogP contribution in [0, 0.1) is 5.92 Å². The average Bonchev–Trinajstić information content (AvgIpc) is 2.56. The molecule has 1 atom stereocenters. The summed E-state index contributed by atoms with van der Waals surface area (Å²) in [5.41, 5.74) is 2.12. The van der Waals surface area contributed by atoms with Gasteiger partial charge in [0.25, 0.3) is 0 Å². The summed E-state index contributed by atoms with van der Waals surface area (Å²) >= 11 is 0. The molecule has 1 unspecified atom stereocenters. The first-order chi connectivity index (χ1) is 9.15. The highest BCUT2D eigenvalue weighted by Crippen LogP contribution is 2.19. The predicted octanol–water partition coefficient (Wildman–Crippen LogP) is 2.94. The van der Waals surface area contributed by atoms with Crippen molar-refractivity contribution in [1.29, 1.82) is 0 Å². The third-order valence-electron chi connectivity index (χ3n) is 3.96. The van der Waals surface area contributed by atoms with Crippen LogP contribution in [0.25, 0.3) is 0 Å². The number of carboxylic acid groups (broad SMARTS) is 1. The van der Waals surface area contributed by atoms with Gasteiger partial charge in [0.05, 0.1) is 6.42 Å². The highest BCUT2D eigenvalue weighted by molar-refractivity contribution is 5.70. The summed E-state index contributed by atoms with van der Waals surface area (Å²) in [6.45, 7) is 5.46. The predicted molar refractivity (Wildman–Crippen MR) is 76.1 cm³/mol. The first-order valence-corrected chi connectivity index (χ1v) is 7.16. The molecule has 3 heteroatoms. The summed E-state index contributed by atoms with van der Waals surface area (Å²) in [5, 5.41) is 8.96. The minimum Gasteiger partial charge on any atom is -0.481 e. The van der Waals surface area contributed by atoms with Gasteiger partial charge in [-0.15, -0.1) is 0 Å². The molecule has 2 rings (SSSR count). The standard InChI is InChI=1S/C16H23NO2/c1-13-5-4-9-17(10-8-13)12-15-7-3-2-6-14(15)11-16(18)19/h2-3,6-7,13H,4-5,8-12H2,1H3,(H,18,19). The Hall–Kier alpha value is -1.35. The number of likely N-dealkylation sites (tertiary alicyclic amines) is 1. The summed E-state index contributed by atoms with van der Waals surface area (Å²) in [4.78, 5) is 13.4. The SMILES string of the molecule is CC1CCCN(Cc2ccccc2CC(=O)O)CC1. The van der Waals surface area contributed by atoms with Crippen molar-refractivity contribution < 1.29 is 9.90 Å². The molecular formula is C16H23NO2. The number of benzene rings is 1. The topological polar surface area (TPSA) is 40.5 Å². The third kappa shape index (κ3) is 4.35. The van der Waals surface area contributed by atoms with Crippen molar-refractivity contribution in [3.8, 4) is 0 Å². The van der Waals surface area contributed by atoms with Crippen LogP contribution in [0.2, 0.25) is 0 Å². The molecule has 1 heterocycles. The summed E-state index contributed by atoms with van der Waals surface area (Å²) in [6.07, 6.45) is 3.94. The second-order valence-corrected chi connectivity index (χ2v) is 5.65. The van der Waals surface area contributed by atoms with E-state index in [9.17, 15) is 4.79 Å². The number of nitrogens with zero attached hydrogens (tertiary/aromatic N) is 1. The van der Waals surface area contributed by atoms with E-state index in [1.165, 1.54) is 24.8 Å². The maximum Gasteiger partial charge on any atom is 0.307 e. The lowest BCUT2D eigenvalue weighted by Gasteiger charge is -2.21. The quantitative estimate of drug-likeness (QED) is 0.906. The summed E-state index contributed by atoms with van der Waals surface area (Å²) in [6, 6.07) is 7.92. The Kier molecular flexibility index (Phi) is 4.97. The molecule has 1 aromatic rings. The van der Waals surface area contributed by atoms with E-state index in [2.05, 4.69) is 17.9 Å². The van der Waals surface area contributed by atoms with E-state index in [1.807, 2.05) is 18.2 Å². The first kappa shape index (κ1) is 14.1. The average molecular weight is 261 g/mol. The molecule has 104 valence electrons. The lowest BCUT2D eigenvalue weighted by Crippen LogP contribution is -2.25. The van der Waals surface area contributed by atoms with Crippen LogP contribution in [0.15, 0.2) is 24.3 Å². The monoisotopic (exact) mass is 261 g/mol. The van der Waals surface area contributed by atoms with Crippen molar-refractivity contribution in [3.63, 3.8) is 0 Å². The second kappa shape index (κ2) is 6.71. The van der Waals surface area contributed by atoms with Gasteiger partial charge in [-0.2, -0.15) is 0 Å². The van der Waals surface area contributed by atoms with Crippen LogP contribution in [0.1, 0.15) is 37.3 Å². The molecule has 0 aromatic heterocycles. The van der Waals surface area contributed by atoms with Crippen LogP contribution < -0.4 is 0 Å². The van der Waals surface area contributed by atoms with Crippen molar-refractivity contribution in [2.75, 3.05) is 13.1 Å². The smallest absolute Gasteiger partial charge is 0.307 e. The van der Waals surface area contributed by atoms with Crippen molar-refractivity contribution >= 4 is 5.97 Å². The van der Waals surface area contributed by atoms with E-state index in [-0.39, 0.29) is 6.42 Å². The van der Waals surface area contributed by atoms with Crippen LogP contribution in [0.3, 0.4) is 0 Å². The normalized spacial score (nSPS) is 21.0. The number of carbonyl (C=O) groups is 1. The van der Waals surface area contributed by atoms with Crippen LogP contribution in [-0.2, 0) is 17.8 Å². The van der Waals surface area contributed by atoms with Gasteiger partial charge in [-0.1, -0.05) is 31.2 Å². The number of carboxylic acids is 1. The minimum absolute atomic E-state index is 0.125. The fourth-order valence-electron chi connectivity index (χ4n) is 2.77. The molecule has 1 aromatic carbocycles. The fraction of sp³-hybridized carbons (Fsp3) is 0.562. The van der Waals surface area contributed by atoms with Crippen LogP contribution in [0.5, 0.6) is 0 Å². The van der Waals surface area contributed by atoms with Gasteiger partial charge in [0, 0.05) is 6.54 Å². The van der Waals surface area contributed by atoms with Crippen LogP contribution in [-0.4, -0.2) is 29.1 Å². The highest BCUT2D eigenvalue weighted by Gasteiger charge is 2.15. The Bertz CT molecular complexity index is 431. The lowest BCUT2D eigenvalue weighted by atomic mass is 10.0. The zero-order valence-electron chi connectivity index (χ0n) is 11.6. The van der Waals surface area contributed by atoms with Crippen LogP contribution in [0.4, 0.5) is 0 Å². The summed E-state index contributed by atoms with van der Waals surface area (Å²) < 4.78 is 0. The second-order valence-electron chi connectivity index (χ2n) is 5.65. The van der Waals surface area contributed by atoms with E-state index >= 15 is 0 Å². The minimum atomic E-state index is -0.753. The molecule has 0 aliphatic carbocycles. The molecule has 3 nitrogen and oxygen atoms in total. The molecule has 1 N–H and O–H groups in total. The zero-order chi connectivity index (χ0) is 13.7. The maximum absolute atomic E-state index is 10.9. The highest BCUT2D eigenvalue weighted by atomic mass is 16.4. The third-order valence-corrected chi connectivity index (χ3v) is 3.96.